The summed E-state index contributed by atoms with van der Waals surface area (Å²) in [7, 11) is 0. The third kappa shape index (κ3) is 3.93. The molecular formula is C21H16F3NO3S. The van der Waals surface area contributed by atoms with Gasteiger partial charge >= 0.3 is 6.18 Å². The van der Waals surface area contributed by atoms with Crippen LogP contribution in [0.5, 0.6) is 11.5 Å². The molecule has 0 spiro atoms. The van der Waals surface area contributed by atoms with Crippen molar-refractivity contribution < 1.29 is 27.4 Å². The first-order valence-electron chi connectivity index (χ1n) is 8.79. The van der Waals surface area contributed by atoms with Gasteiger partial charge in [-0.1, -0.05) is 24.3 Å². The van der Waals surface area contributed by atoms with Gasteiger partial charge in [0.1, 0.15) is 17.3 Å². The summed E-state index contributed by atoms with van der Waals surface area (Å²) < 4.78 is 49.8. The average molecular weight is 419 g/mol. The highest BCUT2D eigenvalue weighted by Crippen LogP contribution is 2.37. The Labute approximate surface area is 168 Å². The maximum Gasteiger partial charge on any atom is 0.417 e. The molecule has 1 N–H and O–H groups in total. The number of rotatable bonds is 5. The number of aromatic hydroxyl groups is 1. The van der Waals surface area contributed by atoms with Crippen LogP contribution in [0.3, 0.4) is 0 Å². The number of oxazole rings is 1. The van der Waals surface area contributed by atoms with Crippen LogP contribution in [0.2, 0.25) is 0 Å². The van der Waals surface area contributed by atoms with E-state index in [9.17, 15) is 18.3 Å². The van der Waals surface area contributed by atoms with Crippen LogP contribution in [-0.2, 0) is 12.6 Å². The van der Waals surface area contributed by atoms with Crippen molar-refractivity contribution in [3.63, 3.8) is 0 Å². The predicted octanol–water partition coefficient (Wildman–Crippen LogP) is 6.21. The Hall–Kier alpha value is -3.00. The summed E-state index contributed by atoms with van der Waals surface area (Å²) in [6.45, 7) is 2.03. The first-order valence-corrected chi connectivity index (χ1v) is 9.67. The fraction of sp³-hybridized carbons (Fsp3) is 0.190. The molecule has 0 amide bonds. The topological polar surface area (TPSA) is 55.5 Å². The number of hydrogen-bond acceptors (Lipinski definition) is 5. The molecule has 2 aromatic heterocycles. The van der Waals surface area contributed by atoms with E-state index in [1.807, 2.05) is 24.3 Å². The largest absolute Gasteiger partial charge is 0.507 e. The van der Waals surface area contributed by atoms with Crippen LogP contribution >= 0.6 is 11.3 Å². The molecule has 150 valence electrons. The monoisotopic (exact) mass is 419 g/mol. The maximum atomic E-state index is 12.8. The minimum Gasteiger partial charge on any atom is -0.507 e. The second kappa shape index (κ2) is 7.44. The lowest BCUT2D eigenvalue weighted by atomic mass is 10.1. The first-order chi connectivity index (χ1) is 13.8. The van der Waals surface area contributed by atoms with Crippen LogP contribution in [0, 0.1) is 6.92 Å². The standard InChI is InChI=1S/C21H16F3NO3S/c1-12-16(25-20(28-12)19-10-13(11-29-19)21(22,23)24)8-9-27-18-7-6-17(26)14-4-2-3-5-15(14)18/h2-7,10-11,26H,8-9H2,1H3. The van der Waals surface area contributed by atoms with Gasteiger partial charge in [0, 0.05) is 22.6 Å². The van der Waals surface area contributed by atoms with E-state index in [1.165, 1.54) is 0 Å². The lowest BCUT2D eigenvalue weighted by Gasteiger charge is -2.09. The van der Waals surface area contributed by atoms with Crippen molar-refractivity contribution in [2.75, 3.05) is 6.61 Å². The summed E-state index contributed by atoms with van der Waals surface area (Å²) in [6.07, 6.45) is -3.96. The van der Waals surface area contributed by atoms with Crippen LogP contribution in [0.4, 0.5) is 13.2 Å². The molecule has 29 heavy (non-hydrogen) atoms. The molecule has 0 fully saturated rings. The Morgan fingerprint density at radius 3 is 2.62 bits per heavy atom. The van der Waals surface area contributed by atoms with E-state index < -0.39 is 11.7 Å². The molecule has 0 atom stereocenters. The van der Waals surface area contributed by atoms with Crippen LogP contribution in [0.1, 0.15) is 17.0 Å². The number of phenols is 1. The second-order valence-corrected chi connectivity index (χ2v) is 7.36. The van der Waals surface area contributed by atoms with Crippen molar-refractivity contribution >= 4 is 22.1 Å². The molecule has 0 unspecified atom stereocenters. The highest BCUT2D eigenvalue weighted by Gasteiger charge is 2.32. The smallest absolute Gasteiger partial charge is 0.417 e. The van der Waals surface area contributed by atoms with E-state index in [-0.39, 0.29) is 11.6 Å². The van der Waals surface area contributed by atoms with Crippen LogP contribution in [-0.4, -0.2) is 16.7 Å². The lowest BCUT2D eigenvalue weighted by molar-refractivity contribution is -0.137. The maximum absolute atomic E-state index is 12.8. The van der Waals surface area contributed by atoms with Gasteiger partial charge in [0.15, 0.2) is 0 Å². The van der Waals surface area contributed by atoms with E-state index >= 15 is 0 Å². The van der Waals surface area contributed by atoms with Gasteiger partial charge in [-0.15, -0.1) is 11.3 Å². The highest BCUT2D eigenvalue weighted by molar-refractivity contribution is 7.13. The van der Waals surface area contributed by atoms with Gasteiger partial charge in [-0.05, 0) is 25.1 Å². The molecule has 0 radical (unpaired) electrons. The summed E-state index contributed by atoms with van der Waals surface area (Å²) in [4.78, 5) is 4.67. The van der Waals surface area contributed by atoms with Crippen LogP contribution in [0.15, 0.2) is 52.3 Å². The average Bonchev–Trinajstić information content (AvgIpc) is 3.31. The van der Waals surface area contributed by atoms with Gasteiger partial charge in [-0.25, -0.2) is 4.98 Å². The SMILES string of the molecule is Cc1oc(-c2cc(C(F)(F)F)cs2)nc1CCOc1ccc(O)c2ccccc12. The summed E-state index contributed by atoms with van der Waals surface area (Å²) in [5, 5.41) is 12.5. The van der Waals surface area contributed by atoms with Gasteiger partial charge in [0.25, 0.3) is 0 Å². The Balaban J connectivity index is 1.48. The van der Waals surface area contributed by atoms with Gasteiger partial charge in [-0.3, -0.25) is 0 Å². The molecule has 2 aromatic carbocycles. The number of phenolic OH excluding ortho intramolecular Hbond substituents is 1. The molecule has 0 bridgehead atoms. The zero-order valence-electron chi connectivity index (χ0n) is 15.3. The van der Waals surface area contributed by atoms with Crippen molar-refractivity contribution in [1.29, 1.82) is 0 Å². The summed E-state index contributed by atoms with van der Waals surface area (Å²) >= 11 is 0.944. The first kappa shape index (κ1) is 19.3. The van der Waals surface area contributed by atoms with Crippen molar-refractivity contribution in [3.05, 3.63) is 64.9 Å². The van der Waals surface area contributed by atoms with Gasteiger partial charge < -0.3 is 14.3 Å². The number of benzene rings is 2. The fourth-order valence-corrected chi connectivity index (χ4v) is 3.84. The number of fused-ring (bicyclic) bond motifs is 1. The number of hydrogen-bond donors (Lipinski definition) is 1. The predicted molar refractivity (Wildman–Crippen MR) is 104 cm³/mol. The van der Waals surface area contributed by atoms with Crippen LogP contribution in [0.25, 0.3) is 21.5 Å². The third-order valence-corrected chi connectivity index (χ3v) is 5.41. The second-order valence-electron chi connectivity index (χ2n) is 6.45. The minimum atomic E-state index is -4.39. The molecule has 0 aliphatic rings. The lowest BCUT2D eigenvalue weighted by Crippen LogP contribution is -2.03. The highest BCUT2D eigenvalue weighted by atomic mass is 32.1. The van der Waals surface area contributed by atoms with E-state index in [4.69, 9.17) is 9.15 Å². The van der Waals surface area contributed by atoms with Gasteiger partial charge in [0.2, 0.25) is 5.89 Å². The normalized spacial score (nSPS) is 11.9. The number of thiophene rings is 1. The number of nitrogens with zero attached hydrogens (tertiary/aromatic N) is 1. The number of ether oxygens (including phenoxy) is 1. The Morgan fingerprint density at radius 2 is 1.90 bits per heavy atom. The fourth-order valence-electron chi connectivity index (χ4n) is 3.00. The van der Waals surface area contributed by atoms with Gasteiger partial charge in [0.05, 0.1) is 22.7 Å². The third-order valence-electron chi connectivity index (χ3n) is 4.49. The molecule has 8 heteroatoms. The molecule has 0 aliphatic carbocycles. The Kier molecular flexibility index (Phi) is 4.96. The summed E-state index contributed by atoms with van der Waals surface area (Å²) in [5.74, 6) is 1.53. The molecule has 0 aliphatic heterocycles. The molecule has 4 nitrogen and oxygen atoms in total. The minimum absolute atomic E-state index is 0.174. The van der Waals surface area contributed by atoms with Crippen molar-refractivity contribution in [2.45, 2.75) is 19.5 Å². The number of alkyl halides is 3. The van der Waals surface area contributed by atoms with Crippen molar-refractivity contribution in [3.8, 4) is 22.3 Å². The molecule has 0 saturated carbocycles. The zero-order chi connectivity index (χ0) is 20.6. The zero-order valence-corrected chi connectivity index (χ0v) is 16.1. The molecule has 2 heterocycles. The van der Waals surface area contributed by atoms with Crippen molar-refractivity contribution in [2.24, 2.45) is 0 Å². The Morgan fingerprint density at radius 1 is 1.14 bits per heavy atom. The number of aromatic nitrogens is 1. The molecular weight excluding hydrogens is 403 g/mol. The van der Waals surface area contributed by atoms with E-state index in [2.05, 4.69) is 4.98 Å². The van der Waals surface area contributed by atoms with E-state index in [0.717, 1.165) is 28.2 Å². The summed E-state index contributed by atoms with van der Waals surface area (Å²) in [6, 6.07) is 11.7. The Bertz CT molecular complexity index is 1160. The van der Waals surface area contributed by atoms with E-state index in [0.29, 0.717) is 40.5 Å². The van der Waals surface area contributed by atoms with Gasteiger partial charge in [-0.2, -0.15) is 13.2 Å². The van der Waals surface area contributed by atoms with Crippen LogP contribution < -0.4 is 4.74 Å². The number of aryl methyl sites for hydroxylation is 1. The van der Waals surface area contributed by atoms with Crippen molar-refractivity contribution in [1.82, 2.24) is 4.98 Å². The quantitative estimate of drug-likeness (QED) is 0.418. The molecule has 4 rings (SSSR count). The summed E-state index contributed by atoms with van der Waals surface area (Å²) in [5.41, 5.74) is -0.0810. The van der Waals surface area contributed by atoms with E-state index in [1.54, 1.807) is 19.1 Å². The molecule has 0 saturated heterocycles. The molecule has 4 aromatic rings. The number of halogens is 3.